The average molecular weight is 454 g/mol. The van der Waals surface area contributed by atoms with E-state index in [0.29, 0.717) is 6.42 Å². The number of hydrogen-bond acceptors (Lipinski definition) is 5. The fourth-order valence-corrected chi connectivity index (χ4v) is 4.51. The lowest BCUT2D eigenvalue weighted by Gasteiger charge is -2.35. The van der Waals surface area contributed by atoms with Gasteiger partial charge in [0.2, 0.25) is 11.8 Å². The van der Waals surface area contributed by atoms with Gasteiger partial charge >= 0.3 is 0 Å². The van der Waals surface area contributed by atoms with Gasteiger partial charge in [0, 0.05) is 44.6 Å². The molecule has 2 aliphatic rings. The number of likely N-dealkylation sites (tertiary alicyclic amines) is 1. The van der Waals surface area contributed by atoms with Crippen molar-refractivity contribution in [3.05, 3.63) is 41.1 Å². The van der Waals surface area contributed by atoms with Crippen molar-refractivity contribution in [2.45, 2.75) is 78.5 Å². The Labute approximate surface area is 196 Å². The van der Waals surface area contributed by atoms with Crippen molar-refractivity contribution in [3.8, 4) is 0 Å². The van der Waals surface area contributed by atoms with Gasteiger partial charge in [0.15, 0.2) is 5.78 Å². The molecule has 1 aromatic rings. The van der Waals surface area contributed by atoms with Gasteiger partial charge in [-0.2, -0.15) is 0 Å². The fourth-order valence-electron chi connectivity index (χ4n) is 4.51. The van der Waals surface area contributed by atoms with E-state index < -0.39 is 23.6 Å². The van der Waals surface area contributed by atoms with E-state index >= 15 is 0 Å². The fraction of sp³-hybridized carbons (Fsp3) is 0.538. The molecule has 0 saturated carbocycles. The molecule has 0 unspecified atom stereocenters. The summed E-state index contributed by atoms with van der Waals surface area (Å²) in [6.07, 6.45) is 3.09. The van der Waals surface area contributed by atoms with Crippen LogP contribution in [-0.4, -0.2) is 58.6 Å². The number of nitrogens with zero attached hydrogens (tertiary/aromatic N) is 2. The van der Waals surface area contributed by atoms with E-state index in [-0.39, 0.29) is 37.0 Å². The summed E-state index contributed by atoms with van der Waals surface area (Å²) in [6.45, 7) is 9.09. The van der Waals surface area contributed by atoms with Crippen LogP contribution in [0.2, 0.25) is 0 Å². The Morgan fingerprint density at radius 1 is 1.21 bits per heavy atom. The number of hydrogen-bond donors (Lipinski definition) is 2. The van der Waals surface area contributed by atoms with Crippen LogP contribution in [0.15, 0.2) is 35.0 Å². The molecule has 33 heavy (non-hydrogen) atoms. The first-order valence-corrected chi connectivity index (χ1v) is 11.6. The third-order valence-corrected chi connectivity index (χ3v) is 6.37. The number of allylic oxidation sites excluding steroid dienone is 2. The molecular weight excluding hydrogens is 418 g/mol. The third-order valence-electron chi connectivity index (χ3n) is 6.37. The van der Waals surface area contributed by atoms with Crippen LogP contribution in [0.1, 0.15) is 65.0 Å². The summed E-state index contributed by atoms with van der Waals surface area (Å²) in [4.78, 5) is 43.8. The predicted molar refractivity (Wildman–Crippen MR) is 129 cm³/mol. The molecule has 7 nitrogen and oxygen atoms in total. The second kappa shape index (κ2) is 10.00. The molecule has 2 N–H and O–H groups in total. The minimum absolute atomic E-state index is 0.0674. The topological polar surface area (TPSA) is 99.1 Å². The van der Waals surface area contributed by atoms with E-state index in [9.17, 15) is 19.5 Å². The van der Waals surface area contributed by atoms with Crippen molar-refractivity contribution < 1.29 is 19.5 Å². The zero-order valence-corrected chi connectivity index (χ0v) is 20.2. The zero-order valence-electron chi connectivity index (χ0n) is 20.2. The number of carbonyl (C=O) groups excluding carboxylic acids is 3. The molecule has 2 aliphatic heterocycles. The number of Topliss-reactive ketones (excluding diaryl/α,β-unsaturated/α-hetero) is 1. The molecule has 0 aromatic heterocycles. The number of carbonyl (C=O) groups is 3. The van der Waals surface area contributed by atoms with Crippen molar-refractivity contribution in [2.75, 3.05) is 6.54 Å². The molecule has 1 aromatic carbocycles. The predicted octanol–water partition coefficient (Wildman–Crippen LogP) is 2.91. The summed E-state index contributed by atoms with van der Waals surface area (Å²) in [5, 5.41) is 13.0. The van der Waals surface area contributed by atoms with Crippen molar-refractivity contribution >= 4 is 29.4 Å². The number of nitrogens with one attached hydrogen (secondary N) is 1. The Balaban J connectivity index is 1.66. The summed E-state index contributed by atoms with van der Waals surface area (Å²) in [5.74, 6) is -0.689. The number of β-amino-alcohol motifs (C(OH)–C–C–N with tert-alkyl or cyclic N) is 1. The van der Waals surface area contributed by atoms with Crippen molar-refractivity contribution in [2.24, 2.45) is 10.4 Å². The lowest BCUT2D eigenvalue weighted by Crippen LogP contribution is -2.56. The third kappa shape index (κ3) is 5.96. The van der Waals surface area contributed by atoms with E-state index in [1.54, 1.807) is 0 Å². The van der Waals surface area contributed by atoms with Gasteiger partial charge in [-0.1, -0.05) is 45.0 Å². The molecule has 1 saturated heterocycles. The van der Waals surface area contributed by atoms with Gasteiger partial charge in [0.1, 0.15) is 6.04 Å². The van der Waals surface area contributed by atoms with Crippen molar-refractivity contribution in [1.29, 1.82) is 0 Å². The molecule has 3 atom stereocenters. The number of amides is 2. The smallest absolute Gasteiger partial charge is 0.246 e. The lowest BCUT2D eigenvalue weighted by atomic mass is 9.85. The summed E-state index contributed by atoms with van der Waals surface area (Å²) in [7, 11) is 0. The van der Waals surface area contributed by atoms with Crippen LogP contribution in [0, 0.1) is 5.41 Å². The number of aliphatic imine (C=N–C) groups is 1. The maximum atomic E-state index is 13.3. The molecule has 0 aliphatic carbocycles. The maximum Gasteiger partial charge on any atom is 0.246 e. The quantitative estimate of drug-likeness (QED) is 0.663. The van der Waals surface area contributed by atoms with Gasteiger partial charge in [0.25, 0.3) is 0 Å². The molecule has 1 fully saturated rings. The summed E-state index contributed by atoms with van der Waals surface area (Å²) in [5.41, 5.74) is 3.92. The Morgan fingerprint density at radius 3 is 2.42 bits per heavy atom. The molecule has 3 rings (SSSR count). The molecule has 178 valence electrons. The first kappa shape index (κ1) is 24.8. The molecule has 0 spiro atoms. The molecule has 2 heterocycles. The lowest BCUT2D eigenvalue weighted by molar-refractivity contribution is -0.143. The van der Waals surface area contributed by atoms with Gasteiger partial charge in [-0.25, -0.2) is 0 Å². The zero-order chi connectivity index (χ0) is 24.3. The average Bonchev–Trinajstić information content (AvgIpc) is 3.35. The molecule has 2 amide bonds. The Morgan fingerprint density at radius 2 is 1.88 bits per heavy atom. The van der Waals surface area contributed by atoms with Crippen molar-refractivity contribution in [3.63, 3.8) is 0 Å². The highest BCUT2D eigenvalue weighted by atomic mass is 16.3. The second-order valence-electron chi connectivity index (χ2n) is 10.1. The Bertz CT molecular complexity index is 972. The van der Waals surface area contributed by atoms with Gasteiger partial charge in [-0.15, -0.1) is 0 Å². The van der Waals surface area contributed by atoms with Crippen LogP contribution in [-0.2, 0) is 20.8 Å². The van der Waals surface area contributed by atoms with Crippen LogP contribution in [0.4, 0.5) is 0 Å². The number of ketones is 1. The van der Waals surface area contributed by atoms with Gasteiger partial charge in [-0.3, -0.25) is 19.4 Å². The number of aliphatic hydroxyl groups excluding tert-OH is 1. The van der Waals surface area contributed by atoms with E-state index in [1.165, 1.54) is 17.4 Å². The Kier molecular flexibility index (Phi) is 7.52. The van der Waals surface area contributed by atoms with Crippen LogP contribution in [0.3, 0.4) is 0 Å². The molecule has 0 radical (unpaired) electrons. The highest BCUT2D eigenvalue weighted by Gasteiger charge is 2.43. The largest absolute Gasteiger partial charge is 0.391 e. The van der Waals surface area contributed by atoms with Gasteiger partial charge in [-0.05, 0) is 35.5 Å². The van der Waals surface area contributed by atoms with E-state index in [0.717, 1.165) is 23.2 Å². The number of aliphatic hydroxyl groups is 1. The second-order valence-corrected chi connectivity index (χ2v) is 10.1. The monoisotopic (exact) mass is 453 g/mol. The standard InChI is InChI=1S/C26H35N3O4/c1-16-21(12-13-27-16)19-9-6-18(7-10-19)8-11-23(32)22-14-20(31)15-29(22)25(33)24(26(3,4)5)28-17(2)30/h6-7,9-10,13,20,22,24,31H,8,11-12,14-15H2,1-5H3,(H,28,30)/t20-,22+,24-/m1/s1. The minimum Gasteiger partial charge on any atom is -0.391 e. The first-order chi connectivity index (χ1) is 15.5. The number of benzene rings is 1. The summed E-state index contributed by atoms with van der Waals surface area (Å²) in [6, 6.07) is 6.74. The molecular formula is C26H35N3O4. The minimum atomic E-state index is -0.763. The summed E-state index contributed by atoms with van der Waals surface area (Å²) < 4.78 is 0. The molecule has 7 heteroatoms. The SMILES string of the molecule is CC(=O)N[C@H](C(=O)N1C[C@H](O)C[C@H]1C(=O)CCc1ccc(C2=C(C)N=CC2)cc1)C(C)(C)C. The van der Waals surface area contributed by atoms with E-state index in [1.807, 2.05) is 46.0 Å². The van der Waals surface area contributed by atoms with Crippen LogP contribution in [0.5, 0.6) is 0 Å². The van der Waals surface area contributed by atoms with Gasteiger partial charge < -0.3 is 15.3 Å². The van der Waals surface area contributed by atoms with Crippen LogP contribution >= 0.6 is 0 Å². The van der Waals surface area contributed by atoms with E-state index in [4.69, 9.17) is 0 Å². The highest BCUT2D eigenvalue weighted by molar-refractivity contribution is 5.93. The number of rotatable bonds is 7. The molecule has 0 bridgehead atoms. The Hall–Kier alpha value is -2.80. The summed E-state index contributed by atoms with van der Waals surface area (Å²) >= 11 is 0. The normalized spacial score (nSPS) is 21.5. The maximum absolute atomic E-state index is 13.3. The number of aryl methyl sites for hydroxylation is 1. The first-order valence-electron chi connectivity index (χ1n) is 11.6. The van der Waals surface area contributed by atoms with Gasteiger partial charge in [0.05, 0.1) is 12.1 Å². The van der Waals surface area contributed by atoms with E-state index in [2.05, 4.69) is 22.4 Å². The van der Waals surface area contributed by atoms with Crippen molar-refractivity contribution in [1.82, 2.24) is 10.2 Å². The van der Waals surface area contributed by atoms with Crippen LogP contribution in [0.25, 0.3) is 5.57 Å². The van der Waals surface area contributed by atoms with Crippen LogP contribution < -0.4 is 5.32 Å². The highest BCUT2D eigenvalue weighted by Crippen LogP contribution is 2.28.